The van der Waals surface area contributed by atoms with E-state index in [4.69, 9.17) is 9.47 Å². The van der Waals surface area contributed by atoms with Gasteiger partial charge in [0.15, 0.2) is 0 Å². The number of hydrogen-bond donors (Lipinski definition) is 0. The summed E-state index contributed by atoms with van der Waals surface area (Å²) in [5.41, 5.74) is 2.27. The summed E-state index contributed by atoms with van der Waals surface area (Å²) < 4.78 is 40.1. The molecule has 1 fully saturated rings. The molecule has 3 aromatic rings. The Morgan fingerprint density at radius 3 is 2.64 bits per heavy atom. The summed E-state index contributed by atoms with van der Waals surface area (Å²) in [6.07, 6.45) is 3.93. The zero-order valence-corrected chi connectivity index (χ0v) is 19.3. The first-order valence-electron chi connectivity index (χ1n) is 11.0. The second-order valence-corrected chi connectivity index (χ2v) is 9.64. The number of aromatic nitrogens is 2. The molecule has 9 heteroatoms. The van der Waals surface area contributed by atoms with Gasteiger partial charge in [-0.2, -0.15) is 4.31 Å². The zero-order chi connectivity index (χ0) is 23.3. The number of rotatable bonds is 8. The molecule has 0 radical (unpaired) electrons. The fourth-order valence-corrected chi connectivity index (χ4v) is 5.18. The lowest BCUT2D eigenvalue weighted by Gasteiger charge is -2.26. The van der Waals surface area contributed by atoms with Gasteiger partial charge in [0.25, 0.3) is 0 Å². The molecular weight excluding hydrogens is 442 g/mol. The molecule has 33 heavy (non-hydrogen) atoms. The molecular formula is C24H27N3O5S. The quantitative estimate of drug-likeness (QED) is 0.372. The van der Waals surface area contributed by atoms with Crippen molar-refractivity contribution in [1.82, 2.24) is 13.9 Å². The highest BCUT2D eigenvalue weighted by atomic mass is 32.2. The molecule has 0 amide bonds. The van der Waals surface area contributed by atoms with Crippen LogP contribution in [-0.2, 0) is 37.4 Å². The summed E-state index contributed by atoms with van der Waals surface area (Å²) in [5, 5.41) is 0. The molecule has 0 saturated carbocycles. The summed E-state index contributed by atoms with van der Waals surface area (Å²) in [7, 11) is -3.62. The van der Waals surface area contributed by atoms with Gasteiger partial charge in [0.05, 0.1) is 29.1 Å². The first-order valence-corrected chi connectivity index (χ1v) is 12.4. The van der Waals surface area contributed by atoms with Crippen molar-refractivity contribution in [2.75, 3.05) is 26.3 Å². The standard InChI is InChI=1S/C24H27N3O5S/c1-2-12-27-22-10-9-20(33(29,30)26-13-15-31-16-14-26)17-21(22)25-23(27)18-32-24(28)11-8-19-6-4-3-5-7-19/h3-11,17H,2,12-16,18H2,1H3/b11-8+. The van der Waals surface area contributed by atoms with Crippen LogP contribution in [0.15, 0.2) is 59.5 Å². The van der Waals surface area contributed by atoms with Crippen molar-refractivity contribution in [3.63, 3.8) is 0 Å². The molecule has 1 saturated heterocycles. The maximum absolute atomic E-state index is 13.0. The Bertz CT molecular complexity index is 1250. The van der Waals surface area contributed by atoms with E-state index in [-0.39, 0.29) is 11.5 Å². The molecule has 8 nitrogen and oxygen atoms in total. The molecule has 1 aliphatic heterocycles. The lowest BCUT2D eigenvalue weighted by atomic mass is 10.2. The number of fused-ring (bicyclic) bond motifs is 1. The molecule has 0 aliphatic carbocycles. The SMILES string of the molecule is CCCn1c(COC(=O)/C=C/c2ccccc2)nc2cc(S(=O)(=O)N3CCOCC3)ccc21. The van der Waals surface area contributed by atoms with Gasteiger partial charge in [-0.05, 0) is 36.3 Å². The van der Waals surface area contributed by atoms with Crippen molar-refractivity contribution in [2.24, 2.45) is 0 Å². The molecule has 0 spiro atoms. The molecule has 4 rings (SSSR count). The average Bonchev–Trinajstić information content (AvgIpc) is 3.19. The maximum Gasteiger partial charge on any atom is 0.331 e. The van der Waals surface area contributed by atoms with Gasteiger partial charge in [-0.25, -0.2) is 18.2 Å². The number of sulfonamides is 1. The number of esters is 1. The molecule has 2 heterocycles. The molecule has 0 bridgehead atoms. The van der Waals surface area contributed by atoms with E-state index in [2.05, 4.69) is 4.98 Å². The summed E-state index contributed by atoms with van der Waals surface area (Å²) >= 11 is 0. The number of carbonyl (C=O) groups excluding carboxylic acids is 1. The van der Waals surface area contributed by atoms with E-state index >= 15 is 0 Å². The number of imidazole rings is 1. The summed E-state index contributed by atoms with van der Waals surface area (Å²) in [4.78, 5) is 17.0. The van der Waals surface area contributed by atoms with Crippen LogP contribution in [0.3, 0.4) is 0 Å². The smallest absolute Gasteiger partial charge is 0.331 e. The van der Waals surface area contributed by atoms with Crippen LogP contribution in [0, 0.1) is 0 Å². The van der Waals surface area contributed by atoms with Gasteiger partial charge in [-0.15, -0.1) is 0 Å². The highest BCUT2D eigenvalue weighted by Crippen LogP contribution is 2.24. The number of nitrogens with zero attached hydrogens (tertiary/aromatic N) is 3. The molecule has 0 N–H and O–H groups in total. The Labute approximate surface area is 193 Å². The molecule has 174 valence electrons. The first-order chi connectivity index (χ1) is 16.0. The van der Waals surface area contributed by atoms with E-state index in [1.54, 1.807) is 24.3 Å². The highest BCUT2D eigenvalue weighted by molar-refractivity contribution is 7.89. The van der Waals surface area contributed by atoms with Gasteiger partial charge in [0.2, 0.25) is 10.0 Å². The first kappa shape index (κ1) is 23.2. The van der Waals surface area contributed by atoms with Crippen molar-refractivity contribution in [3.8, 4) is 0 Å². The fourth-order valence-electron chi connectivity index (χ4n) is 3.75. The zero-order valence-electron chi connectivity index (χ0n) is 18.5. The summed E-state index contributed by atoms with van der Waals surface area (Å²) in [5.74, 6) is 0.110. The van der Waals surface area contributed by atoms with E-state index < -0.39 is 16.0 Å². The topological polar surface area (TPSA) is 90.7 Å². The number of ether oxygens (including phenoxy) is 2. The van der Waals surface area contributed by atoms with Gasteiger partial charge in [-0.1, -0.05) is 37.3 Å². The van der Waals surface area contributed by atoms with E-state index in [0.717, 1.165) is 17.5 Å². The summed E-state index contributed by atoms with van der Waals surface area (Å²) in [6.45, 7) is 4.17. The van der Waals surface area contributed by atoms with E-state index in [0.29, 0.717) is 44.2 Å². The van der Waals surface area contributed by atoms with E-state index in [9.17, 15) is 13.2 Å². The lowest BCUT2D eigenvalue weighted by molar-refractivity contribution is -0.139. The molecule has 0 atom stereocenters. The Morgan fingerprint density at radius 1 is 1.15 bits per heavy atom. The van der Waals surface area contributed by atoms with Gasteiger partial charge in [0, 0.05) is 25.7 Å². The lowest BCUT2D eigenvalue weighted by Crippen LogP contribution is -2.40. The number of benzene rings is 2. The van der Waals surface area contributed by atoms with Crippen molar-refractivity contribution in [3.05, 3.63) is 66.0 Å². The van der Waals surface area contributed by atoms with Crippen LogP contribution in [0.25, 0.3) is 17.1 Å². The number of aryl methyl sites for hydroxylation is 1. The van der Waals surface area contributed by atoms with Crippen LogP contribution in [0.2, 0.25) is 0 Å². The normalized spacial score (nSPS) is 15.3. The summed E-state index contributed by atoms with van der Waals surface area (Å²) in [6, 6.07) is 14.5. The van der Waals surface area contributed by atoms with E-state index in [1.165, 1.54) is 10.4 Å². The predicted octanol–water partition coefficient (Wildman–Crippen LogP) is 3.22. The van der Waals surface area contributed by atoms with Gasteiger partial charge >= 0.3 is 5.97 Å². The number of carbonyl (C=O) groups is 1. The van der Waals surface area contributed by atoms with Crippen molar-refractivity contribution >= 4 is 33.1 Å². The Balaban J connectivity index is 1.54. The monoisotopic (exact) mass is 469 g/mol. The molecule has 0 unspecified atom stereocenters. The van der Waals surface area contributed by atoms with E-state index in [1.807, 2.05) is 41.8 Å². The van der Waals surface area contributed by atoms with Crippen LogP contribution in [0.4, 0.5) is 0 Å². The van der Waals surface area contributed by atoms with Gasteiger partial charge in [-0.3, -0.25) is 0 Å². The Kier molecular flexibility index (Phi) is 7.22. The van der Waals surface area contributed by atoms with Crippen LogP contribution in [-0.4, -0.2) is 54.5 Å². The highest BCUT2D eigenvalue weighted by Gasteiger charge is 2.27. The average molecular weight is 470 g/mol. The maximum atomic E-state index is 13.0. The van der Waals surface area contributed by atoms with Crippen LogP contribution < -0.4 is 0 Å². The van der Waals surface area contributed by atoms with Crippen molar-refractivity contribution < 1.29 is 22.7 Å². The Hall–Kier alpha value is -3.01. The third-order valence-electron chi connectivity index (χ3n) is 5.41. The largest absolute Gasteiger partial charge is 0.454 e. The minimum absolute atomic E-state index is 0.00180. The van der Waals surface area contributed by atoms with Crippen LogP contribution in [0.5, 0.6) is 0 Å². The minimum Gasteiger partial charge on any atom is -0.454 e. The van der Waals surface area contributed by atoms with Crippen molar-refractivity contribution in [1.29, 1.82) is 0 Å². The molecule has 2 aromatic carbocycles. The third-order valence-corrected chi connectivity index (χ3v) is 7.30. The van der Waals surface area contributed by atoms with Crippen LogP contribution in [0.1, 0.15) is 24.7 Å². The third kappa shape index (κ3) is 5.32. The minimum atomic E-state index is -3.62. The van der Waals surface area contributed by atoms with Crippen molar-refractivity contribution in [2.45, 2.75) is 31.4 Å². The number of morpholine rings is 1. The Morgan fingerprint density at radius 2 is 1.91 bits per heavy atom. The second kappa shape index (κ2) is 10.3. The predicted molar refractivity (Wildman–Crippen MR) is 125 cm³/mol. The second-order valence-electron chi connectivity index (χ2n) is 7.70. The van der Waals surface area contributed by atoms with Crippen LogP contribution >= 0.6 is 0 Å². The fraction of sp³-hybridized carbons (Fsp3) is 0.333. The van der Waals surface area contributed by atoms with Gasteiger partial charge < -0.3 is 14.0 Å². The molecule has 1 aliphatic rings. The van der Waals surface area contributed by atoms with Gasteiger partial charge in [0.1, 0.15) is 12.4 Å². The number of hydrogen-bond acceptors (Lipinski definition) is 6. The molecule has 1 aromatic heterocycles.